The van der Waals surface area contributed by atoms with Crippen LogP contribution in [0.2, 0.25) is 0 Å². The fraction of sp³-hybridized carbons (Fsp3) is 0.238. The van der Waals surface area contributed by atoms with Gasteiger partial charge in [0.2, 0.25) is 11.8 Å². The van der Waals surface area contributed by atoms with Crippen LogP contribution in [0.5, 0.6) is 5.88 Å². The molecule has 2 N–H and O–H groups in total. The van der Waals surface area contributed by atoms with Crippen LogP contribution in [0.25, 0.3) is 10.9 Å². The van der Waals surface area contributed by atoms with Crippen LogP contribution in [0.1, 0.15) is 29.4 Å². The first-order chi connectivity index (χ1) is 13.6. The van der Waals surface area contributed by atoms with Crippen molar-refractivity contribution >= 4 is 28.4 Å². The highest BCUT2D eigenvalue weighted by atomic mass is 16.5. The topological polar surface area (TPSA) is 93.2 Å². The zero-order valence-electron chi connectivity index (χ0n) is 15.9. The fourth-order valence-corrected chi connectivity index (χ4v) is 2.67. The van der Waals surface area contributed by atoms with Crippen molar-refractivity contribution in [1.82, 2.24) is 15.3 Å². The van der Waals surface area contributed by atoms with E-state index in [2.05, 4.69) is 20.6 Å². The molecule has 0 aliphatic heterocycles. The first kappa shape index (κ1) is 19.3. The summed E-state index contributed by atoms with van der Waals surface area (Å²) in [5.41, 5.74) is 2.35. The van der Waals surface area contributed by atoms with Gasteiger partial charge in [0.1, 0.15) is 5.56 Å². The summed E-state index contributed by atoms with van der Waals surface area (Å²) in [6.07, 6.45) is 2.47. The lowest BCUT2D eigenvalue weighted by molar-refractivity contribution is -0.115. The van der Waals surface area contributed by atoms with Crippen LogP contribution in [0, 0.1) is 6.92 Å². The van der Waals surface area contributed by atoms with Crippen molar-refractivity contribution in [2.24, 2.45) is 0 Å². The van der Waals surface area contributed by atoms with Crippen LogP contribution in [-0.4, -0.2) is 34.9 Å². The summed E-state index contributed by atoms with van der Waals surface area (Å²) in [4.78, 5) is 33.4. The second-order valence-electron chi connectivity index (χ2n) is 6.27. The maximum Gasteiger partial charge on any atom is 0.257 e. The van der Waals surface area contributed by atoms with Crippen molar-refractivity contribution in [2.45, 2.75) is 20.3 Å². The molecule has 1 aromatic carbocycles. The molecule has 28 heavy (non-hydrogen) atoms. The van der Waals surface area contributed by atoms with Crippen LogP contribution in [0.3, 0.4) is 0 Å². The molecule has 0 unspecified atom stereocenters. The van der Waals surface area contributed by atoms with Crippen LogP contribution in [-0.2, 0) is 4.79 Å². The molecule has 2 amide bonds. The van der Waals surface area contributed by atoms with Gasteiger partial charge in [0, 0.05) is 17.3 Å². The minimum atomic E-state index is -0.412. The monoisotopic (exact) mass is 378 g/mol. The summed E-state index contributed by atoms with van der Waals surface area (Å²) in [7, 11) is 0. The van der Waals surface area contributed by atoms with Gasteiger partial charge in [-0.1, -0.05) is 25.1 Å². The molecule has 0 aliphatic carbocycles. The van der Waals surface area contributed by atoms with E-state index in [0.717, 1.165) is 17.5 Å². The second-order valence-corrected chi connectivity index (χ2v) is 6.27. The number of carbonyl (C=O) groups is 2. The molecule has 0 atom stereocenters. The van der Waals surface area contributed by atoms with Crippen LogP contribution < -0.4 is 15.4 Å². The number of carbonyl (C=O) groups excluding carboxylic acids is 2. The SMILES string of the molecule is CCCOc1nc(C)ccc1C(=O)NCC(=O)Nc1cccc2cccnc12. The summed E-state index contributed by atoms with van der Waals surface area (Å²) >= 11 is 0. The Kier molecular flexibility index (Phi) is 6.16. The van der Waals surface area contributed by atoms with Crippen molar-refractivity contribution in [3.05, 3.63) is 59.9 Å². The number of pyridine rings is 2. The fourth-order valence-electron chi connectivity index (χ4n) is 2.67. The minimum Gasteiger partial charge on any atom is -0.477 e. The molecule has 0 saturated heterocycles. The predicted octanol–water partition coefficient (Wildman–Crippen LogP) is 3.10. The average molecular weight is 378 g/mol. The largest absolute Gasteiger partial charge is 0.477 e. The third-order valence-corrected chi connectivity index (χ3v) is 4.00. The first-order valence-corrected chi connectivity index (χ1v) is 9.10. The molecular weight excluding hydrogens is 356 g/mol. The van der Waals surface area contributed by atoms with Gasteiger partial charge >= 0.3 is 0 Å². The molecule has 2 aromatic heterocycles. The van der Waals surface area contributed by atoms with E-state index in [-0.39, 0.29) is 18.3 Å². The number of nitrogens with zero attached hydrogens (tertiary/aromatic N) is 2. The number of ether oxygens (including phenoxy) is 1. The molecule has 3 aromatic rings. The Hall–Kier alpha value is -3.48. The average Bonchev–Trinajstić information content (AvgIpc) is 2.71. The second kappa shape index (κ2) is 8.94. The van der Waals surface area contributed by atoms with E-state index in [1.54, 1.807) is 24.4 Å². The molecule has 0 radical (unpaired) electrons. The molecule has 0 saturated carbocycles. The molecule has 2 heterocycles. The number of aryl methyl sites for hydroxylation is 1. The van der Waals surface area contributed by atoms with Gasteiger partial charge in [0.05, 0.1) is 24.4 Å². The highest BCUT2D eigenvalue weighted by Gasteiger charge is 2.16. The van der Waals surface area contributed by atoms with E-state index < -0.39 is 5.91 Å². The molecule has 0 spiro atoms. The summed E-state index contributed by atoms with van der Waals surface area (Å²) in [5.74, 6) is -0.481. The highest BCUT2D eigenvalue weighted by molar-refractivity contribution is 6.03. The Labute approximate surface area is 163 Å². The Balaban J connectivity index is 1.65. The van der Waals surface area contributed by atoms with Gasteiger partial charge in [0.25, 0.3) is 5.91 Å². The van der Waals surface area contributed by atoms with E-state index in [0.29, 0.717) is 23.4 Å². The van der Waals surface area contributed by atoms with Gasteiger partial charge in [-0.05, 0) is 37.6 Å². The quantitative estimate of drug-likeness (QED) is 0.659. The number of fused-ring (bicyclic) bond motifs is 1. The van der Waals surface area contributed by atoms with Crippen molar-refractivity contribution < 1.29 is 14.3 Å². The smallest absolute Gasteiger partial charge is 0.257 e. The standard InChI is InChI=1S/C21H22N4O3/c1-3-12-28-21-16(10-9-14(2)24-21)20(27)23-13-18(26)25-17-8-4-6-15-7-5-11-22-19(15)17/h4-11H,3,12-13H2,1-2H3,(H,23,27)(H,25,26). The molecule has 0 bridgehead atoms. The zero-order valence-corrected chi connectivity index (χ0v) is 15.9. The van der Waals surface area contributed by atoms with Gasteiger partial charge in [0.15, 0.2) is 0 Å². The minimum absolute atomic E-state index is 0.177. The van der Waals surface area contributed by atoms with Crippen LogP contribution in [0.4, 0.5) is 5.69 Å². The maximum absolute atomic E-state index is 12.5. The van der Waals surface area contributed by atoms with E-state index in [1.165, 1.54) is 0 Å². The Morgan fingerprint density at radius 1 is 1.11 bits per heavy atom. The van der Waals surface area contributed by atoms with Crippen molar-refractivity contribution in [1.29, 1.82) is 0 Å². The van der Waals surface area contributed by atoms with Gasteiger partial charge in [-0.15, -0.1) is 0 Å². The van der Waals surface area contributed by atoms with Gasteiger partial charge < -0.3 is 15.4 Å². The van der Waals surface area contributed by atoms with Crippen LogP contribution in [0.15, 0.2) is 48.7 Å². The number of hydrogen-bond donors (Lipinski definition) is 2. The number of aromatic nitrogens is 2. The molecule has 3 rings (SSSR count). The van der Waals surface area contributed by atoms with E-state index >= 15 is 0 Å². The molecule has 0 aliphatic rings. The van der Waals surface area contributed by atoms with E-state index in [1.807, 2.05) is 38.1 Å². The van der Waals surface area contributed by atoms with Crippen molar-refractivity contribution in [3.63, 3.8) is 0 Å². The zero-order chi connectivity index (χ0) is 19.9. The molecule has 7 heteroatoms. The van der Waals surface area contributed by atoms with Gasteiger partial charge in [-0.25, -0.2) is 4.98 Å². The predicted molar refractivity (Wildman–Crippen MR) is 107 cm³/mol. The number of para-hydroxylation sites is 1. The van der Waals surface area contributed by atoms with Gasteiger partial charge in [-0.2, -0.15) is 0 Å². The Morgan fingerprint density at radius 2 is 1.93 bits per heavy atom. The number of benzene rings is 1. The van der Waals surface area contributed by atoms with Gasteiger partial charge in [-0.3, -0.25) is 14.6 Å². The lowest BCUT2D eigenvalue weighted by atomic mass is 10.2. The first-order valence-electron chi connectivity index (χ1n) is 9.10. The highest BCUT2D eigenvalue weighted by Crippen LogP contribution is 2.20. The lowest BCUT2D eigenvalue weighted by Gasteiger charge is -2.11. The Bertz CT molecular complexity index is 999. The third kappa shape index (κ3) is 4.62. The number of amides is 2. The summed E-state index contributed by atoms with van der Waals surface area (Å²) in [5, 5.41) is 6.32. The normalized spacial score (nSPS) is 10.5. The Morgan fingerprint density at radius 3 is 2.75 bits per heavy atom. The maximum atomic E-state index is 12.5. The summed E-state index contributed by atoms with van der Waals surface area (Å²) < 4.78 is 5.56. The molecule has 0 fully saturated rings. The number of anilines is 1. The molecular formula is C21H22N4O3. The lowest BCUT2D eigenvalue weighted by Crippen LogP contribution is -2.33. The van der Waals surface area contributed by atoms with Crippen molar-refractivity contribution in [2.75, 3.05) is 18.5 Å². The van der Waals surface area contributed by atoms with E-state index in [9.17, 15) is 9.59 Å². The summed E-state index contributed by atoms with van der Waals surface area (Å²) in [6, 6.07) is 12.7. The van der Waals surface area contributed by atoms with E-state index in [4.69, 9.17) is 4.74 Å². The molecule has 7 nitrogen and oxygen atoms in total. The number of nitrogens with one attached hydrogen (secondary N) is 2. The molecule has 144 valence electrons. The number of hydrogen-bond acceptors (Lipinski definition) is 5. The summed E-state index contributed by atoms with van der Waals surface area (Å²) in [6.45, 7) is 4.09. The van der Waals surface area contributed by atoms with Crippen LogP contribution >= 0.6 is 0 Å². The number of rotatable bonds is 7. The van der Waals surface area contributed by atoms with Crippen molar-refractivity contribution in [3.8, 4) is 5.88 Å². The third-order valence-electron chi connectivity index (χ3n) is 4.00.